The molecule has 0 bridgehead atoms. The molecule has 2 heterocycles. The molecule has 5 nitrogen and oxygen atoms in total. The van der Waals surface area contributed by atoms with Crippen molar-refractivity contribution in [1.82, 2.24) is 0 Å². The van der Waals surface area contributed by atoms with Gasteiger partial charge in [0.15, 0.2) is 12.1 Å². The minimum atomic E-state index is -0.749. The van der Waals surface area contributed by atoms with E-state index in [9.17, 15) is 4.79 Å². The highest BCUT2D eigenvalue weighted by Gasteiger charge is 2.40. The van der Waals surface area contributed by atoms with E-state index in [0.717, 1.165) is 11.3 Å². The van der Waals surface area contributed by atoms with Gasteiger partial charge in [-0.15, -0.1) is 0 Å². The number of carbonyl (C=O) groups excluding carboxylic acids is 1. The first-order valence-electron chi connectivity index (χ1n) is 7.22. The number of rotatable bonds is 4. The van der Waals surface area contributed by atoms with Gasteiger partial charge in [-0.25, -0.2) is 9.79 Å². The Bertz CT molecular complexity index is 690. The minimum absolute atomic E-state index is 0.301. The average molecular weight is 299 g/mol. The van der Waals surface area contributed by atoms with Gasteiger partial charge >= 0.3 is 5.97 Å². The van der Waals surface area contributed by atoms with Crippen molar-refractivity contribution in [2.24, 2.45) is 4.99 Å². The summed E-state index contributed by atoms with van der Waals surface area (Å²) >= 11 is 0. The Morgan fingerprint density at radius 3 is 2.64 bits per heavy atom. The molecule has 0 spiro atoms. The second-order valence-corrected chi connectivity index (χ2v) is 4.98. The van der Waals surface area contributed by atoms with Gasteiger partial charge in [0, 0.05) is 5.56 Å². The lowest BCUT2D eigenvalue weighted by Crippen LogP contribution is -2.26. The van der Waals surface area contributed by atoms with E-state index in [-0.39, 0.29) is 0 Å². The Morgan fingerprint density at radius 2 is 2.00 bits per heavy atom. The van der Waals surface area contributed by atoms with Gasteiger partial charge < -0.3 is 13.9 Å². The van der Waals surface area contributed by atoms with Crippen LogP contribution in [-0.2, 0) is 14.3 Å². The van der Waals surface area contributed by atoms with Crippen molar-refractivity contribution in [3.05, 3.63) is 59.5 Å². The van der Waals surface area contributed by atoms with E-state index in [4.69, 9.17) is 13.9 Å². The van der Waals surface area contributed by atoms with Gasteiger partial charge in [0.05, 0.1) is 6.61 Å². The lowest BCUT2D eigenvalue weighted by Gasteiger charge is -2.14. The fourth-order valence-electron chi connectivity index (χ4n) is 2.36. The van der Waals surface area contributed by atoms with Crippen LogP contribution < -0.4 is 0 Å². The molecule has 3 rings (SSSR count). The maximum absolute atomic E-state index is 12.2. The van der Waals surface area contributed by atoms with E-state index >= 15 is 0 Å². The van der Waals surface area contributed by atoms with Crippen molar-refractivity contribution in [1.29, 1.82) is 0 Å². The molecule has 2 unspecified atom stereocenters. The molecule has 0 saturated heterocycles. The van der Waals surface area contributed by atoms with Crippen LogP contribution in [0, 0.1) is 6.92 Å². The van der Waals surface area contributed by atoms with Crippen LogP contribution in [0.4, 0.5) is 0 Å². The lowest BCUT2D eigenvalue weighted by molar-refractivity contribution is -0.146. The number of nitrogens with zero attached hydrogens (tertiary/aromatic N) is 1. The SMILES string of the molecule is CCOC(=O)C1N=C(c2ccccc2)OC1c1ccc(C)o1. The first-order valence-corrected chi connectivity index (χ1v) is 7.22. The molecule has 22 heavy (non-hydrogen) atoms. The predicted molar refractivity (Wildman–Crippen MR) is 80.7 cm³/mol. The highest BCUT2D eigenvalue weighted by molar-refractivity contribution is 5.98. The summed E-state index contributed by atoms with van der Waals surface area (Å²) < 4.78 is 16.6. The van der Waals surface area contributed by atoms with E-state index < -0.39 is 18.1 Å². The second-order valence-electron chi connectivity index (χ2n) is 4.98. The van der Waals surface area contributed by atoms with Crippen molar-refractivity contribution < 1.29 is 18.7 Å². The van der Waals surface area contributed by atoms with Crippen LogP contribution >= 0.6 is 0 Å². The zero-order valence-corrected chi connectivity index (χ0v) is 12.5. The molecule has 0 amide bonds. The first kappa shape index (κ1) is 14.4. The zero-order valence-electron chi connectivity index (χ0n) is 12.5. The predicted octanol–water partition coefficient (Wildman–Crippen LogP) is 3.04. The molecule has 1 aromatic heterocycles. The van der Waals surface area contributed by atoms with Crippen LogP contribution in [0.1, 0.15) is 30.1 Å². The summed E-state index contributed by atoms with van der Waals surface area (Å²) in [7, 11) is 0. The number of benzene rings is 1. The maximum atomic E-state index is 12.2. The number of carbonyl (C=O) groups is 1. The molecule has 1 aliphatic heterocycles. The lowest BCUT2D eigenvalue weighted by atomic mass is 10.1. The Kier molecular flexibility index (Phi) is 3.96. The third-order valence-corrected chi connectivity index (χ3v) is 3.37. The minimum Gasteiger partial charge on any atom is -0.464 e. The summed E-state index contributed by atoms with van der Waals surface area (Å²) in [6.07, 6.45) is -0.594. The van der Waals surface area contributed by atoms with Crippen LogP contribution in [0.3, 0.4) is 0 Å². The fraction of sp³-hybridized carbons (Fsp3) is 0.294. The standard InChI is InChI=1S/C17H17NO4/c1-3-20-17(19)14-15(13-10-9-11(2)21-13)22-16(18-14)12-7-5-4-6-8-12/h4-10,14-15H,3H2,1-2H3. The van der Waals surface area contributed by atoms with Crippen molar-refractivity contribution in [2.45, 2.75) is 26.0 Å². The Hall–Kier alpha value is -2.56. The van der Waals surface area contributed by atoms with Gasteiger partial charge in [0.2, 0.25) is 5.90 Å². The topological polar surface area (TPSA) is 61.0 Å². The highest BCUT2D eigenvalue weighted by atomic mass is 16.5. The molecule has 2 aromatic rings. The molecule has 0 aliphatic carbocycles. The second kappa shape index (κ2) is 6.05. The van der Waals surface area contributed by atoms with Gasteiger partial charge in [-0.2, -0.15) is 0 Å². The van der Waals surface area contributed by atoms with E-state index in [1.165, 1.54) is 0 Å². The molecule has 1 aromatic carbocycles. The fourth-order valence-corrected chi connectivity index (χ4v) is 2.36. The number of hydrogen-bond donors (Lipinski definition) is 0. The van der Waals surface area contributed by atoms with E-state index in [2.05, 4.69) is 4.99 Å². The molecule has 0 N–H and O–H groups in total. The smallest absolute Gasteiger partial charge is 0.335 e. The summed E-state index contributed by atoms with van der Waals surface area (Å²) in [6, 6.07) is 12.4. The van der Waals surface area contributed by atoms with Crippen LogP contribution in [0.5, 0.6) is 0 Å². The Labute approximate surface area is 128 Å². The monoisotopic (exact) mass is 299 g/mol. The number of aryl methyl sites for hydroxylation is 1. The Balaban J connectivity index is 1.92. The van der Waals surface area contributed by atoms with Crippen LogP contribution in [0.2, 0.25) is 0 Å². The number of furan rings is 1. The van der Waals surface area contributed by atoms with Crippen LogP contribution in [-0.4, -0.2) is 24.5 Å². The van der Waals surface area contributed by atoms with E-state index in [1.54, 1.807) is 13.0 Å². The molecular formula is C17H17NO4. The average Bonchev–Trinajstić information content (AvgIpc) is 3.14. The summed E-state index contributed by atoms with van der Waals surface area (Å²) in [6.45, 7) is 3.91. The van der Waals surface area contributed by atoms with Gasteiger partial charge in [-0.3, -0.25) is 0 Å². The number of aliphatic imine (C=N–C) groups is 1. The van der Waals surface area contributed by atoms with Gasteiger partial charge in [-0.1, -0.05) is 18.2 Å². The summed E-state index contributed by atoms with van der Waals surface area (Å²) in [5, 5.41) is 0. The van der Waals surface area contributed by atoms with Gasteiger partial charge in [0.1, 0.15) is 11.5 Å². The highest BCUT2D eigenvalue weighted by Crippen LogP contribution is 2.32. The summed E-state index contributed by atoms with van der Waals surface area (Å²) in [5.74, 6) is 1.35. The van der Waals surface area contributed by atoms with Gasteiger partial charge in [0.25, 0.3) is 0 Å². The van der Waals surface area contributed by atoms with Crippen molar-refractivity contribution >= 4 is 11.9 Å². The van der Waals surface area contributed by atoms with E-state index in [0.29, 0.717) is 18.3 Å². The van der Waals surface area contributed by atoms with Crippen molar-refractivity contribution in [2.75, 3.05) is 6.61 Å². The van der Waals surface area contributed by atoms with Crippen molar-refractivity contribution in [3.8, 4) is 0 Å². The van der Waals surface area contributed by atoms with Crippen LogP contribution in [0.15, 0.2) is 51.9 Å². The molecule has 1 aliphatic rings. The summed E-state index contributed by atoms with van der Waals surface area (Å²) in [4.78, 5) is 16.6. The quantitative estimate of drug-likeness (QED) is 0.814. The maximum Gasteiger partial charge on any atom is 0.335 e. The number of esters is 1. The Morgan fingerprint density at radius 1 is 1.23 bits per heavy atom. The molecule has 0 saturated carbocycles. The third kappa shape index (κ3) is 2.74. The zero-order chi connectivity index (χ0) is 15.5. The van der Waals surface area contributed by atoms with E-state index in [1.807, 2.05) is 43.3 Å². The van der Waals surface area contributed by atoms with Crippen molar-refractivity contribution in [3.63, 3.8) is 0 Å². The molecule has 2 atom stereocenters. The molecule has 114 valence electrons. The molecule has 5 heteroatoms. The molecular weight excluding hydrogens is 282 g/mol. The summed E-state index contributed by atoms with van der Waals surface area (Å²) in [5.41, 5.74) is 0.822. The van der Waals surface area contributed by atoms with Crippen LogP contribution in [0.25, 0.3) is 0 Å². The molecule has 0 fully saturated rings. The third-order valence-electron chi connectivity index (χ3n) is 3.37. The number of hydrogen-bond acceptors (Lipinski definition) is 5. The first-order chi connectivity index (χ1) is 10.7. The van der Waals surface area contributed by atoms with Gasteiger partial charge in [-0.05, 0) is 38.1 Å². The normalized spacial score (nSPS) is 20.4. The largest absolute Gasteiger partial charge is 0.464 e. The number of ether oxygens (including phenoxy) is 2. The molecule has 0 radical (unpaired) electrons.